The van der Waals surface area contributed by atoms with Gasteiger partial charge < -0.3 is 0 Å². The molecular formula is C22H22Zr. The Bertz CT molecular complexity index is 772. The van der Waals surface area contributed by atoms with Crippen LogP contribution in [-0.2, 0) is 26.2 Å². The van der Waals surface area contributed by atoms with E-state index in [1.54, 1.807) is 0 Å². The maximum Gasteiger partial charge on any atom is 2.00 e. The van der Waals surface area contributed by atoms with E-state index in [1.807, 2.05) is 0 Å². The van der Waals surface area contributed by atoms with Crippen molar-refractivity contribution in [3.63, 3.8) is 0 Å². The van der Waals surface area contributed by atoms with Gasteiger partial charge in [0.2, 0.25) is 0 Å². The average Bonchev–Trinajstić information content (AvgIpc) is 3.09. The molecule has 0 aliphatic heterocycles. The zero-order chi connectivity index (χ0) is 15.7. The maximum atomic E-state index is 2.24. The molecule has 4 aromatic rings. The van der Waals surface area contributed by atoms with Crippen molar-refractivity contribution in [1.29, 1.82) is 0 Å². The smallest absolute Gasteiger partial charge is 0.168 e. The van der Waals surface area contributed by atoms with E-state index in [0.29, 0.717) is 0 Å². The molecule has 0 nitrogen and oxygen atoms in total. The van der Waals surface area contributed by atoms with Crippen molar-refractivity contribution in [1.82, 2.24) is 0 Å². The molecule has 1 heteroatoms. The summed E-state index contributed by atoms with van der Waals surface area (Å²) in [5.74, 6) is 0. The van der Waals surface area contributed by atoms with Crippen molar-refractivity contribution in [3.05, 3.63) is 82.9 Å². The van der Waals surface area contributed by atoms with Gasteiger partial charge in [-0.2, -0.15) is 24.3 Å². The largest absolute Gasteiger partial charge is 2.00 e. The summed E-state index contributed by atoms with van der Waals surface area (Å²) in [6, 6.07) is 21.8. The average molecular weight is 378 g/mol. The van der Waals surface area contributed by atoms with Gasteiger partial charge in [-0.15, -0.1) is 57.9 Å². The quantitative estimate of drug-likeness (QED) is 0.313. The summed E-state index contributed by atoms with van der Waals surface area (Å²) in [6.07, 6.45) is 0. The van der Waals surface area contributed by atoms with Crippen LogP contribution in [0.15, 0.2) is 60.7 Å². The van der Waals surface area contributed by atoms with Crippen molar-refractivity contribution < 1.29 is 26.2 Å². The number of benzene rings is 2. The Morgan fingerprint density at radius 2 is 0.913 bits per heavy atom. The van der Waals surface area contributed by atoms with Crippen LogP contribution in [0.3, 0.4) is 0 Å². The number of fused-ring (bicyclic) bond motifs is 2. The van der Waals surface area contributed by atoms with Gasteiger partial charge in [0.05, 0.1) is 0 Å². The molecule has 0 saturated carbocycles. The summed E-state index contributed by atoms with van der Waals surface area (Å²) in [6.45, 7) is 8.62. The Morgan fingerprint density at radius 3 is 1.30 bits per heavy atom. The van der Waals surface area contributed by atoms with Crippen molar-refractivity contribution in [2.24, 2.45) is 0 Å². The zero-order valence-electron chi connectivity index (χ0n) is 14.3. The van der Waals surface area contributed by atoms with E-state index in [4.69, 9.17) is 0 Å². The van der Waals surface area contributed by atoms with Crippen molar-refractivity contribution >= 4 is 21.5 Å². The molecule has 0 heterocycles. The van der Waals surface area contributed by atoms with Gasteiger partial charge in [0.15, 0.2) is 0 Å². The second kappa shape index (κ2) is 7.41. The van der Waals surface area contributed by atoms with Crippen LogP contribution in [0.1, 0.15) is 22.3 Å². The number of rotatable bonds is 0. The summed E-state index contributed by atoms with van der Waals surface area (Å²) < 4.78 is 0. The summed E-state index contributed by atoms with van der Waals surface area (Å²) in [5.41, 5.74) is 5.51. The fourth-order valence-electron chi connectivity index (χ4n) is 2.81. The van der Waals surface area contributed by atoms with Gasteiger partial charge in [-0.25, -0.2) is 0 Å². The minimum Gasteiger partial charge on any atom is -0.168 e. The Kier molecular flexibility index (Phi) is 5.76. The second-order valence-corrected chi connectivity index (χ2v) is 6.18. The van der Waals surface area contributed by atoms with Crippen LogP contribution in [-0.4, -0.2) is 0 Å². The van der Waals surface area contributed by atoms with Crippen molar-refractivity contribution in [3.8, 4) is 0 Å². The second-order valence-electron chi connectivity index (χ2n) is 6.18. The molecule has 0 aliphatic carbocycles. The topological polar surface area (TPSA) is 0 Å². The molecule has 0 unspecified atom stereocenters. The Labute approximate surface area is 158 Å². The van der Waals surface area contributed by atoms with Crippen LogP contribution >= 0.6 is 0 Å². The SMILES string of the molecule is Cc1cc2cc[cH-]c2cc1C.Cc1cc2cc[cH-]c2cc1C.[Zr+2]. The van der Waals surface area contributed by atoms with Crippen LogP contribution in [0, 0.1) is 27.7 Å². The van der Waals surface area contributed by atoms with E-state index in [0.717, 1.165) is 0 Å². The standard InChI is InChI=1S/2C11H11.Zr/c2*1-8-6-10-4-3-5-11(10)7-9(8)2;/h2*3-7H,1-2H3;/q2*-1;+2. The van der Waals surface area contributed by atoms with Crippen molar-refractivity contribution in [2.45, 2.75) is 27.7 Å². The van der Waals surface area contributed by atoms with Crippen LogP contribution < -0.4 is 0 Å². The van der Waals surface area contributed by atoms with Crippen LogP contribution in [0.2, 0.25) is 0 Å². The monoisotopic (exact) mass is 376 g/mol. The molecule has 0 spiro atoms. The summed E-state index contributed by atoms with van der Waals surface area (Å²) in [7, 11) is 0. The molecule has 0 bridgehead atoms. The van der Waals surface area contributed by atoms with E-state index >= 15 is 0 Å². The molecule has 4 aromatic carbocycles. The Hall–Kier alpha value is -1.46. The maximum absolute atomic E-state index is 2.24. The van der Waals surface area contributed by atoms with Crippen LogP contribution in [0.4, 0.5) is 0 Å². The van der Waals surface area contributed by atoms with Gasteiger partial charge in [-0.05, 0) is 27.7 Å². The Balaban J connectivity index is 0.000000160. The predicted molar refractivity (Wildman–Crippen MR) is 98.0 cm³/mol. The first-order valence-electron chi connectivity index (χ1n) is 7.80. The van der Waals surface area contributed by atoms with E-state index < -0.39 is 0 Å². The molecule has 0 N–H and O–H groups in total. The van der Waals surface area contributed by atoms with Gasteiger partial charge in [-0.1, -0.05) is 22.3 Å². The molecule has 0 saturated heterocycles. The minimum atomic E-state index is 0. The molecule has 0 fully saturated rings. The van der Waals surface area contributed by atoms with E-state index in [-0.39, 0.29) is 26.2 Å². The van der Waals surface area contributed by atoms with E-state index in [9.17, 15) is 0 Å². The molecule has 0 radical (unpaired) electrons. The van der Waals surface area contributed by atoms with Gasteiger partial charge in [0.1, 0.15) is 0 Å². The van der Waals surface area contributed by atoms with Gasteiger partial charge >= 0.3 is 26.2 Å². The first-order chi connectivity index (χ1) is 10.5. The van der Waals surface area contributed by atoms with E-state index in [1.165, 1.54) is 43.8 Å². The third-order valence-corrected chi connectivity index (χ3v) is 4.50. The molecule has 0 aromatic heterocycles. The fourth-order valence-corrected chi connectivity index (χ4v) is 2.81. The van der Waals surface area contributed by atoms with Crippen molar-refractivity contribution in [2.75, 3.05) is 0 Å². The van der Waals surface area contributed by atoms with Gasteiger partial charge in [-0.3, -0.25) is 0 Å². The zero-order valence-corrected chi connectivity index (χ0v) is 16.7. The molecule has 23 heavy (non-hydrogen) atoms. The van der Waals surface area contributed by atoms with E-state index in [2.05, 4.69) is 88.4 Å². The molecular weight excluding hydrogens is 355 g/mol. The van der Waals surface area contributed by atoms with Crippen LogP contribution in [0.5, 0.6) is 0 Å². The van der Waals surface area contributed by atoms with Crippen LogP contribution in [0.25, 0.3) is 21.5 Å². The number of hydrogen-bond donors (Lipinski definition) is 0. The third-order valence-electron chi connectivity index (χ3n) is 4.50. The predicted octanol–water partition coefficient (Wildman–Crippen LogP) is 6.35. The molecule has 0 amide bonds. The first kappa shape index (κ1) is 17.9. The summed E-state index contributed by atoms with van der Waals surface area (Å²) in [4.78, 5) is 0. The van der Waals surface area contributed by atoms with Gasteiger partial charge in [0, 0.05) is 0 Å². The molecule has 0 atom stereocenters. The molecule has 0 aliphatic rings. The van der Waals surface area contributed by atoms with Gasteiger partial charge in [0.25, 0.3) is 0 Å². The fraction of sp³-hybridized carbons (Fsp3) is 0.182. The summed E-state index contributed by atoms with van der Waals surface area (Å²) >= 11 is 0. The number of aryl methyl sites for hydroxylation is 4. The molecule has 4 rings (SSSR count). The normalized spacial score (nSPS) is 10.3. The number of hydrogen-bond acceptors (Lipinski definition) is 0. The first-order valence-corrected chi connectivity index (χ1v) is 7.80. The Morgan fingerprint density at radius 1 is 0.565 bits per heavy atom. The summed E-state index contributed by atoms with van der Waals surface area (Å²) in [5, 5.41) is 5.42. The molecule has 114 valence electrons. The minimum absolute atomic E-state index is 0. The third kappa shape index (κ3) is 3.90.